The lowest BCUT2D eigenvalue weighted by Crippen LogP contribution is -2.46. The number of nitrogens with zero attached hydrogens (tertiary/aromatic N) is 5. The van der Waals surface area contributed by atoms with Crippen molar-refractivity contribution in [3.63, 3.8) is 0 Å². The van der Waals surface area contributed by atoms with E-state index in [1.165, 1.54) is 0 Å². The molecule has 2 aliphatic heterocycles. The van der Waals surface area contributed by atoms with E-state index in [0.717, 1.165) is 61.3 Å². The van der Waals surface area contributed by atoms with E-state index >= 15 is 0 Å². The molecule has 9 nitrogen and oxygen atoms in total. The third-order valence-electron chi connectivity index (χ3n) is 5.83. The molecule has 5 rings (SSSR count). The van der Waals surface area contributed by atoms with E-state index in [9.17, 15) is 4.79 Å². The zero-order chi connectivity index (χ0) is 21.2. The Balaban J connectivity index is 0.00000136. The molecular weight excluding hydrogens is 392 g/mol. The van der Waals surface area contributed by atoms with E-state index in [2.05, 4.69) is 26.3 Å². The van der Waals surface area contributed by atoms with Crippen molar-refractivity contribution in [2.24, 2.45) is 0 Å². The van der Waals surface area contributed by atoms with Crippen LogP contribution < -0.4 is 11.1 Å². The number of nitrogen functional groups attached to an aromatic ring is 1. The van der Waals surface area contributed by atoms with Crippen LogP contribution in [0.15, 0.2) is 36.5 Å². The molecule has 4 heterocycles. The zero-order valence-electron chi connectivity index (χ0n) is 17.3. The quantitative estimate of drug-likeness (QED) is 0.582. The number of hydrogen-bond donors (Lipinski definition) is 3. The fraction of sp³-hybridized carbons (Fsp3) is 0.364. The number of fused-ring (bicyclic) bond motifs is 1. The summed E-state index contributed by atoms with van der Waals surface area (Å²) in [5.74, 6) is 0.946. The van der Waals surface area contributed by atoms with Crippen LogP contribution in [0.1, 0.15) is 22.8 Å². The number of para-hydroxylation sites is 2. The molecule has 0 atom stereocenters. The second kappa shape index (κ2) is 8.35. The summed E-state index contributed by atoms with van der Waals surface area (Å²) >= 11 is 0. The van der Waals surface area contributed by atoms with Crippen molar-refractivity contribution < 1.29 is 9.07 Å². The van der Waals surface area contributed by atoms with Gasteiger partial charge in [0.05, 0.1) is 22.9 Å². The van der Waals surface area contributed by atoms with Gasteiger partial charge in [-0.3, -0.25) is 0 Å². The van der Waals surface area contributed by atoms with Crippen LogP contribution >= 0.6 is 0 Å². The third-order valence-corrected chi connectivity index (χ3v) is 5.83. The summed E-state index contributed by atoms with van der Waals surface area (Å²) < 4.78 is 0. The number of hydrogen-bond acceptors (Lipinski definition) is 6. The van der Waals surface area contributed by atoms with E-state index in [1.807, 2.05) is 34.1 Å². The number of nitrogens with two attached hydrogens (primary N) is 1. The fourth-order valence-corrected chi connectivity index (χ4v) is 4.10. The van der Waals surface area contributed by atoms with Gasteiger partial charge in [-0.2, -0.15) is 0 Å². The van der Waals surface area contributed by atoms with Crippen LogP contribution in [-0.4, -0.2) is 75.0 Å². The van der Waals surface area contributed by atoms with Crippen LogP contribution in [-0.2, 0) is 0 Å². The van der Waals surface area contributed by atoms with Gasteiger partial charge in [0, 0.05) is 37.0 Å². The number of imidazole rings is 1. The molecule has 2 amide bonds. The Morgan fingerprint density at radius 1 is 1.10 bits per heavy atom. The molecule has 2 aromatic heterocycles. The smallest absolute Gasteiger partial charge is 0.320 e. The summed E-state index contributed by atoms with van der Waals surface area (Å²) in [4.78, 5) is 33.7. The summed E-state index contributed by atoms with van der Waals surface area (Å²) in [5, 5.41) is 3.34. The molecule has 1 fully saturated rings. The first kappa shape index (κ1) is 19.5. The number of benzene rings is 1. The number of aromatic nitrogens is 4. The van der Waals surface area contributed by atoms with Crippen LogP contribution in [0.5, 0.6) is 0 Å². The molecule has 4 N–H and O–H groups in total. The van der Waals surface area contributed by atoms with Crippen molar-refractivity contribution in [1.29, 1.82) is 0 Å². The summed E-state index contributed by atoms with van der Waals surface area (Å²) in [7, 11) is 0. The van der Waals surface area contributed by atoms with Crippen molar-refractivity contribution in [2.45, 2.75) is 12.8 Å². The zero-order valence-corrected chi connectivity index (χ0v) is 17.3. The van der Waals surface area contributed by atoms with E-state index in [1.54, 1.807) is 6.20 Å². The molecule has 9 heteroatoms. The standard InChI is InChI=1S/C22H26N8O.3H2/c23-20-19(21-27-16-4-1-2-5-17(16)28-21)26-18(14-25-20)15-6-11-30(12-7-15)22(31)29-10-3-8-24-9-13-29;;;/h1-2,4-6,14,24H,3,7-13H2,(H2,23,25)(H,27,28);3*1H. The lowest BCUT2D eigenvalue weighted by atomic mass is 10.1. The molecule has 1 saturated heterocycles. The Hall–Kier alpha value is -3.46. The van der Waals surface area contributed by atoms with Crippen LogP contribution in [0.25, 0.3) is 28.1 Å². The molecule has 1 aromatic carbocycles. The SMILES string of the molecule is Nc1ncc(C2=CCN(C(=O)N3CCCNCC3)CC2)nc1-c1nc2ccccc2[nH]1.[HH].[HH].[HH]. The normalized spacial score (nSPS) is 17.5. The van der Waals surface area contributed by atoms with Crippen LogP contribution in [0.3, 0.4) is 0 Å². The minimum atomic E-state index is 0. The number of urea groups is 1. The number of rotatable bonds is 2. The first-order chi connectivity index (χ1) is 15.2. The Labute approximate surface area is 184 Å². The van der Waals surface area contributed by atoms with Crippen LogP contribution in [0.2, 0.25) is 0 Å². The number of carbonyl (C=O) groups excluding carboxylic acids is 1. The van der Waals surface area contributed by atoms with Crippen molar-refractivity contribution in [3.05, 3.63) is 42.2 Å². The molecule has 0 spiro atoms. The van der Waals surface area contributed by atoms with Crippen molar-refractivity contribution in [3.8, 4) is 11.5 Å². The lowest BCUT2D eigenvalue weighted by molar-refractivity contribution is 0.160. The number of aromatic amines is 1. The second-order valence-corrected chi connectivity index (χ2v) is 7.89. The first-order valence-electron chi connectivity index (χ1n) is 10.7. The van der Waals surface area contributed by atoms with E-state index in [0.29, 0.717) is 30.4 Å². The highest BCUT2D eigenvalue weighted by molar-refractivity contribution is 5.81. The van der Waals surface area contributed by atoms with Gasteiger partial charge < -0.3 is 25.8 Å². The van der Waals surface area contributed by atoms with Gasteiger partial charge in [0.2, 0.25) is 0 Å². The average molecular weight is 425 g/mol. The molecule has 2 aliphatic rings. The van der Waals surface area contributed by atoms with Crippen molar-refractivity contribution >= 4 is 28.5 Å². The van der Waals surface area contributed by atoms with Crippen LogP contribution in [0, 0.1) is 0 Å². The topological polar surface area (TPSA) is 116 Å². The minimum Gasteiger partial charge on any atom is -0.382 e. The predicted octanol–water partition coefficient (Wildman–Crippen LogP) is 2.84. The second-order valence-electron chi connectivity index (χ2n) is 7.89. The monoisotopic (exact) mass is 424 g/mol. The summed E-state index contributed by atoms with van der Waals surface area (Å²) in [6, 6.07) is 7.93. The Kier molecular flexibility index (Phi) is 5.25. The molecule has 31 heavy (non-hydrogen) atoms. The Morgan fingerprint density at radius 3 is 2.84 bits per heavy atom. The molecule has 3 aromatic rings. The molecule has 0 saturated carbocycles. The molecule has 166 valence electrons. The summed E-state index contributed by atoms with van der Waals surface area (Å²) in [6.45, 7) is 4.63. The highest BCUT2D eigenvalue weighted by Crippen LogP contribution is 2.27. The maximum Gasteiger partial charge on any atom is 0.320 e. The van der Waals surface area contributed by atoms with E-state index < -0.39 is 0 Å². The van der Waals surface area contributed by atoms with Crippen molar-refractivity contribution in [2.75, 3.05) is 45.0 Å². The number of H-pyrrole nitrogens is 1. The molecular formula is C22H32N8O. The van der Waals surface area contributed by atoms with Gasteiger partial charge >= 0.3 is 6.03 Å². The number of anilines is 1. The predicted molar refractivity (Wildman–Crippen MR) is 126 cm³/mol. The van der Waals surface area contributed by atoms with Gasteiger partial charge in [-0.05, 0) is 37.1 Å². The van der Waals surface area contributed by atoms with Gasteiger partial charge in [0.25, 0.3) is 0 Å². The highest BCUT2D eigenvalue weighted by Gasteiger charge is 2.24. The minimum absolute atomic E-state index is 0. The maximum atomic E-state index is 12.9. The largest absolute Gasteiger partial charge is 0.382 e. The van der Waals surface area contributed by atoms with Gasteiger partial charge in [0.15, 0.2) is 11.6 Å². The lowest BCUT2D eigenvalue weighted by Gasteiger charge is -2.31. The average Bonchev–Trinajstić information content (AvgIpc) is 3.05. The third kappa shape index (κ3) is 3.96. The number of nitrogens with one attached hydrogen (secondary N) is 2. The van der Waals surface area contributed by atoms with E-state index in [-0.39, 0.29) is 10.3 Å². The molecule has 0 bridgehead atoms. The maximum absolute atomic E-state index is 12.9. The molecule has 0 unspecified atom stereocenters. The van der Waals surface area contributed by atoms with Crippen molar-refractivity contribution in [1.82, 2.24) is 35.1 Å². The van der Waals surface area contributed by atoms with Gasteiger partial charge in [0.1, 0.15) is 5.69 Å². The first-order valence-corrected chi connectivity index (χ1v) is 10.7. The Bertz CT molecular complexity index is 1110. The summed E-state index contributed by atoms with van der Waals surface area (Å²) in [5.41, 5.74) is 10.3. The van der Waals surface area contributed by atoms with Crippen LogP contribution in [0.4, 0.5) is 10.6 Å². The van der Waals surface area contributed by atoms with E-state index in [4.69, 9.17) is 10.7 Å². The molecule has 0 aliphatic carbocycles. The van der Waals surface area contributed by atoms with Gasteiger partial charge in [-0.1, -0.05) is 18.2 Å². The molecule has 0 radical (unpaired) electrons. The number of amides is 2. The summed E-state index contributed by atoms with van der Waals surface area (Å²) in [6.07, 6.45) is 5.49. The highest BCUT2D eigenvalue weighted by atomic mass is 16.2. The Morgan fingerprint density at radius 2 is 2.00 bits per heavy atom. The van der Waals surface area contributed by atoms with Gasteiger partial charge in [-0.15, -0.1) is 0 Å². The number of carbonyl (C=O) groups is 1. The fourth-order valence-electron chi connectivity index (χ4n) is 4.10. The van der Waals surface area contributed by atoms with Gasteiger partial charge in [-0.25, -0.2) is 19.7 Å².